The fourth-order valence-corrected chi connectivity index (χ4v) is 3.09. The Morgan fingerprint density at radius 3 is 2.61 bits per heavy atom. The van der Waals surface area contributed by atoms with Gasteiger partial charge in [0.05, 0.1) is 11.9 Å². The summed E-state index contributed by atoms with van der Waals surface area (Å²) in [6.07, 6.45) is 2.62. The molecule has 2 atom stereocenters. The number of nitrogens with zero attached hydrogens (tertiary/aromatic N) is 3. The Hall–Kier alpha value is -1.00. The van der Waals surface area contributed by atoms with Gasteiger partial charge in [-0.1, -0.05) is 0 Å². The van der Waals surface area contributed by atoms with E-state index < -0.39 is 0 Å². The molecule has 0 amide bonds. The first kappa shape index (κ1) is 12.1. The lowest BCUT2D eigenvalue weighted by molar-refractivity contribution is -0.0841. The van der Waals surface area contributed by atoms with Crippen molar-refractivity contribution in [2.24, 2.45) is 0 Å². The molecule has 4 rings (SSSR count). The van der Waals surface area contributed by atoms with E-state index in [1.165, 1.54) is 18.7 Å². The number of piperazine rings is 1. The van der Waals surface area contributed by atoms with Crippen LogP contribution < -0.4 is 0 Å². The quantitative estimate of drug-likeness (QED) is 0.815. The number of hydrogen-bond donors (Lipinski definition) is 0. The molecule has 4 heterocycles. The molecule has 98 valence electrons. The summed E-state index contributed by atoms with van der Waals surface area (Å²) in [5.41, 5.74) is 0.976. The van der Waals surface area contributed by atoms with Crippen LogP contribution in [0.3, 0.4) is 0 Å². The van der Waals surface area contributed by atoms with E-state index in [1.807, 2.05) is 0 Å². The molecule has 0 N–H and O–H groups in total. The number of fused-ring (bicyclic) bond motifs is 2. The summed E-state index contributed by atoms with van der Waals surface area (Å²) in [5, 5.41) is 0. The van der Waals surface area contributed by atoms with E-state index in [9.17, 15) is 4.39 Å². The van der Waals surface area contributed by atoms with Crippen LogP contribution in [-0.2, 0) is 6.54 Å². The lowest BCUT2D eigenvalue weighted by atomic mass is 9.86. The van der Waals surface area contributed by atoms with Crippen molar-refractivity contribution in [1.82, 2.24) is 14.8 Å². The summed E-state index contributed by atoms with van der Waals surface area (Å²) in [7, 11) is 0. The molecule has 3 nitrogen and oxygen atoms in total. The molecule has 1 aromatic rings. The van der Waals surface area contributed by atoms with Gasteiger partial charge in [0, 0.05) is 37.8 Å². The lowest BCUT2D eigenvalue weighted by Crippen LogP contribution is -2.68. The van der Waals surface area contributed by atoms with Crippen molar-refractivity contribution in [1.29, 1.82) is 0 Å². The van der Waals surface area contributed by atoms with Gasteiger partial charge in [-0.3, -0.25) is 14.8 Å². The van der Waals surface area contributed by atoms with Crippen molar-refractivity contribution in [3.8, 4) is 0 Å². The highest BCUT2D eigenvalue weighted by Crippen LogP contribution is 2.34. The van der Waals surface area contributed by atoms with Crippen molar-refractivity contribution in [2.75, 3.05) is 13.1 Å². The Balaban J connectivity index is 1.62. The molecule has 0 radical (unpaired) electrons. The van der Waals surface area contributed by atoms with Gasteiger partial charge >= 0.3 is 0 Å². The van der Waals surface area contributed by atoms with Crippen LogP contribution in [0.15, 0.2) is 18.3 Å². The summed E-state index contributed by atoms with van der Waals surface area (Å²) in [5.74, 6) is -0.256. The summed E-state index contributed by atoms with van der Waals surface area (Å²) >= 11 is 0. The minimum Gasteiger partial charge on any atom is -0.298 e. The number of aromatic nitrogens is 1. The second-order valence-corrected chi connectivity index (χ2v) is 5.73. The first-order valence-corrected chi connectivity index (χ1v) is 6.73. The summed E-state index contributed by atoms with van der Waals surface area (Å²) in [6.45, 7) is 7.71. The zero-order valence-electron chi connectivity index (χ0n) is 11.0. The zero-order valence-corrected chi connectivity index (χ0v) is 11.0. The van der Waals surface area contributed by atoms with E-state index in [4.69, 9.17) is 0 Å². The van der Waals surface area contributed by atoms with Crippen molar-refractivity contribution >= 4 is 0 Å². The second-order valence-electron chi connectivity index (χ2n) is 5.73. The number of rotatable bonds is 3. The highest BCUT2D eigenvalue weighted by atomic mass is 19.1. The highest BCUT2D eigenvalue weighted by molar-refractivity contribution is 5.09. The highest BCUT2D eigenvalue weighted by Gasteiger charge is 2.44. The Bertz CT molecular complexity index is 406. The van der Waals surface area contributed by atoms with Gasteiger partial charge < -0.3 is 0 Å². The Morgan fingerprint density at radius 1 is 1.33 bits per heavy atom. The maximum atomic E-state index is 12.8. The number of pyridine rings is 1. The van der Waals surface area contributed by atoms with Crippen LogP contribution in [-0.4, -0.2) is 46.0 Å². The smallest absolute Gasteiger partial charge is 0.141 e. The van der Waals surface area contributed by atoms with E-state index >= 15 is 0 Å². The molecule has 3 aliphatic heterocycles. The molecule has 0 spiro atoms. The third-order valence-corrected chi connectivity index (χ3v) is 4.24. The van der Waals surface area contributed by atoms with Crippen LogP contribution in [0.2, 0.25) is 0 Å². The SMILES string of the molecule is CC(C)N1CC2CC(C1)N2Cc1ccc(F)cn1. The van der Waals surface area contributed by atoms with Gasteiger partial charge in [0.15, 0.2) is 0 Å². The molecule has 3 fully saturated rings. The molecule has 0 aliphatic carbocycles. The largest absolute Gasteiger partial charge is 0.298 e. The average molecular weight is 249 g/mol. The zero-order chi connectivity index (χ0) is 12.7. The van der Waals surface area contributed by atoms with Crippen LogP contribution in [0.4, 0.5) is 4.39 Å². The molecule has 18 heavy (non-hydrogen) atoms. The van der Waals surface area contributed by atoms with Crippen LogP contribution >= 0.6 is 0 Å². The lowest BCUT2D eigenvalue weighted by Gasteiger charge is -2.57. The normalized spacial score (nSPS) is 28.4. The fourth-order valence-electron chi connectivity index (χ4n) is 3.09. The van der Waals surface area contributed by atoms with Crippen molar-refractivity contribution in [2.45, 2.75) is 44.9 Å². The van der Waals surface area contributed by atoms with Crippen LogP contribution in [0.1, 0.15) is 26.0 Å². The van der Waals surface area contributed by atoms with Crippen molar-refractivity contribution in [3.05, 3.63) is 29.8 Å². The predicted molar refractivity (Wildman–Crippen MR) is 68.6 cm³/mol. The number of piperidine rings is 1. The number of hydrogen-bond acceptors (Lipinski definition) is 3. The summed E-state index contributed by atoms with van der Waals surface area (Å²) < 4.78 is 12.8. The van der Waals surface area contributed by atoms with Gasteiger partial charge in [-0.2, -0.15) is 0 Å². The third-order valence-electron chi connectivity index (χ3n) is 4.24. The summed E-state index contributed by atoms with van der Waals surface area (Å²) in [4.78, 5) is 9.21. The molecule has 0 aromatic carbocycles. The minimum atomic E-state index is -0.256. The molecule has 0 saturated carbocycles. The summed E-state index contributed by atoms with van der Waals surface area (Å²) in [6, 6.07) is 5.26. The molecule has 4 heteroatoms. The van der Waals surface area contributed by atoms with E-state index in [0.717, 1.165) is 25.3 Å². The average Bonchev–Trinajstić information content (AvgIpc) is 2.38. The monoisotopic (exact) mass is 249 g/mol. The standard InChI is InChI=1S/C14H20FN3/c1-10(2)17-8-13-5-14(9-17)18(13)7-12-4-3-11(15)6-16-12/h3-4,6,10,13-14H,5,7-9H2,1-2H3. The Morgan fingerprint density at radius 2 is 2.06 bits per heavy atom. The molecular weight excluding hydrogens is 229 g/mol. The number of halogens is 1. The van der Waals surface area contributed by atoms with Crippen LogP contribution in [0.25, 0.3) is 0 Å². The maximum absolute atomic E-state index is 12.8. The minimum absolute atomic E-state index is 0.256. The second kappa shape index (κ2) is 4.59. The fraction of sp³-hybridized carbons (Fsp3) is 0.643. The molecule has 1 aromatic heterocycles. The van der Waals surface area contributed by atoms with Gasteiger partial charge in [0.2, 0.25) is 0 Å². The maximum Gasteiger partial charge on any atom is 0.141 e. The topological polar surface area (TPSA) is 19.4 Å². The van der Waals surface area contributed by atoms with E-state index in [0.29, 0.717) is 18.1 Å². The Labute approximate surface area is 108 Å². The van der Waals surface area contributed by atoms with Gasteiger partial charge in [-0.15, -0.1) is 0 Å². The Kier molecular flexibility index (Phi) is 3.08. The van der Waals surface area contributed by atoms with Gasteiger partial charge in [-0.25, -0.2) is 4.39 Å². The van der Waals surface area contributed by atoms with E-state index in [-0.39, 0.29) is 5.82 Å². The molecule has 3 aliphatic rings. The van der Waals surface area contributed by atoms with Gasteiger partial charge in [0.1, 0.15) is 5.82 Å². The van der Waals surface area contributed by atoms with Crippen LogP contribution in [0.5, 0.6) is 0 Å². The van der Waals surface area contributed by atoms with Crippen molar-refractivity contribution in [3.63, 3.8) is 0 Å². The molecular formula is C14H20FN3. The van der Waals surface area contributed by atoms with E-state index in [1.54, 1.807) is 6.07 Å². The van der Waals surface area contributed by atoms with Crippen molar-refractivity contribution < 1.29 is 4.39 Å². The van der Waals surface area contributed by atoms with E-state index in [2.05, 4.69) is 28.6 Å². The first-order chi connectivity index (χ1) is 8.63. The van der Waals surface area contributed by atoms with Gasteiger partial charge in [-0.05, 0) is 32.4 Å². The predicted octanol–water partition coefficient (Wildman–Crippen LogP) is 1.89. The molecule has 2 unspecified atom stereocenters. The van der Waals surface area contributed by atoms with Crippen LogP contribution in [0, 0.1) is 5.82 Å². The first-order valence-electron chi connectivity index (χ1n) is 6.73. The van der Waals surface area contributed by atoms with Gasteiger partial charge in [0.25, 0.3) is 0 Å². The molecule has 2 bridgehead atoms. The molecule has 3 saturated heterocycles. The third kappa shape index (κ3) is 2.15.